The minimum atomic E-state index is -4.76. The van der Waals surface area contributed by atoms with Crippen LogP contribution in [0.15, 0.2) is 79.3 Å². The van der Waals surface area contributed by atoms with E-state index in [9.17, 15) is 32.3 Å². The summed E-state index contributed by atoms with van der Waals surface area (Å²) < 4.78 is 47.2. The number of nitrogens with zero attached hydrogens (tertiary/aromatic N) is 6. The van der Waals surface area contributed by atoms with Crippen molar-refractivity contribution in [3.63, 3.8) is 0 Å². The number of amides is 4. The van der Waals surface area contributed by atoms with Crippen molar-refractivity contribution in [3.8, 4) is 22.8 Å². The molecule has 1 aliphatic carbocycles. The lowest BCUT2D eigenvalue weighted by molar-refractivity contribution is -0.274. The maximum Gasteiger partial charge on any atom is 0.573 e. The van der Waals surface area contributed by atoms with Crippen molar-refractivity contribution >= 4 is 41.0 Å². The molecule has 344 valence electrons. The molecule has 4 aromatic rings. The second kappa shape index (κ2) is 20.7. The summed E-state index contributed by atoms with van der Waals surface area (Å²) in [6, 6.07) is 18.3. The number of alkyl halides is 3. The number of rotatable bonds is 14. The lowest BCUT2D eigenvalue weighted by atomic mass is 9.81. The summed E-state index contributed by atoms with van der Waals surface area (Å²) in [5.74, 6) is 1.53. The van der Waals surface area contributed by atoms with Gasteiger partial charge in [-0.25, -0.2) is 15.0 Å². The summed E-state index contributed by atoms with van der Waals surface area (Å²) in [4.78, 5) is 70.3. The molecule has 18 heteroatoms. The van der Waals surface area contributed by atoms with E-state index in [1.807, 2.05) is 41.3 Å². The Labute approximate surface area is 375 Å². The van der Waals surface area contributed by atoms with E-state index in [4.69, 9.17) is 4.74 Å². The average Bonchev–Trinajstić information content (AvgIpc) is 3.31. The van der Waals surface area contributed by atoms with Gasteiger partial charge in [0, 0.05) is 87.6 Å². The number of benzene rings is 2. The highest BCUT2D eigenvalue weighted by Gasteiger charge is 2.35. The van der Waals surface area contributed by atoms with Crippen LogP contribution in [0.2, 0.25) is 0 Å². The first-order valence-corrected chi connectivity index (χ1v) is 22.4. The largest absolute Gasteiger partial charge is 0.573 e. The number of carbonyl (C=O) groups excluding carboxylic acids is 4. The molecular weight excluding hydrogens is 844 g/mol. The SMILES string of the molecule is O=C1CCC(c2ccc(N3CCC(CN4CCN(C(=O)C5CCC(C(=O)NCCOc6ccc(-c7cc(Nc8ccc(OC(F)(F)F)cc8)ncn7)cc6)CC5)CC4)CC3)nc2)C(=O)N1. The van der Waals surface area contributed by atoms with Gasteiger partial charge in [-0.15, -0.1) is 13.2 Å². The second-order valence-electron chi connectivity index (χ2n) is 17.2. The van der Waals surface area contributed by atoms with Crippen molar-refractivity contribution in [2.24, 2.45) is 17.8 Å². The Morgan fingerprint density at radius 1 is 0.785 bits per heavy atom. The van der Waals surface area contributed by atoms with Crippen LogP contribution in [0.5, 0.6) is 11.5 Å². The smallest absolute Gasteiger partial charge is 0.492 e. The molecule has 0 spiro atoms. The molecule has 3 aliphatic heterocycles. The Morgan fingerprint density at radius 3 is 2.17 bits per heavy atom. The zero-order valence-electron chi connectivity index (χ0n) is 36.1. The molecule has 2 aromatic heterocycles. The average molecular weight is 898 g/mol. The van der Waals surface area contributed by atoms with E-state index < -0.39 is 6.36 Å². The summed E-state index contributed by atoms with van der Waals surface area (Å²) in [7, 11) is 0. The monoisotopic (exact) mass is 897 g/mol. The third-order valence-corrected chi connectivity index (χ3v) is 12.8. The molecule has 15 nitrogen and oxygen atoms in total. The summed E-state index contributed by atoms with van der Waals surface area (Å²) in [6.45, 7) is 6.73. The van der Waals surface area contributed by atoms with Crippen LogP contribution in [0, 0.1) is 17.8 Å². The fourth-order valence-electron chi connectivity index (χ4n) is 9.20. The van der Waals surface area contributed by atoms with Crippen LogP contribution in [0.4, 0.5) is 30.5 Å². The number of ether oxygens (including phenoxy) is 2. The van der Waals surface area contributed by atoms with Crippen LogP contribution in [0.1, 0.15) is 62.8 Å². The predicted octanol–water partition coefficient (Wildman–Crippen LogP) is 6.06. The number of halogens is 3. The second-order valence-corrected chi connectivity index (χ2v) is 17.2. The van der Waals surface area contributed by atoms with Gasteiger partial charge in [-0.3, -0.25) is 29.4 Å². The molecule has 5 heterocycles. The van der Waals surface area contributed by atoms with Crippen molar-refractivity contribution in [3.05, 3.63) is 84.8 Å². The number of aromatic nitrogens is 3. The van der Waals surface area contributed by atoms with Gasteiger partial charge >= 0.3 is 6.36 Å². The predicted molar refractivity (Wildman–Crippen MR) is 235 cm³/mol. The van der Waals surface area contributed by atoms with Gasteiger partial charge in [-0.05, 0) is 111 Å². The molecule has 1 unspecified atom stereocenters. The van der Waals surface area contributed by atoms with Crippen LogP contribution in [-0.4, -0.2) is 114 Å². The van der Waals surface area contributed by atoms with Crippen LogP contribution in [0.3, 0.4) is 0 Å². The Bertz CT molecular complexity index is 2260. The van der Waals surface area contributed by atoms with Gasteiger partial charge in [0.25, 0.3) is 0 Å². The van der Waals surface area contributed by atoms with Gasteiger partial charge in [0.15, 0.2) is 0 Å². The van der Waals surface area contributed by atoms with Gasteiger partial charge in [-0.1, -0.05) is 6.07 Å². The third-order valence-electron chi connectivity index (χ3n) is 12.8. The number of nitrogens with one attached hydrogen (secondary N) is 3. The highest BCUT2D eigenvalue weighted by atomic mass is 19.4. The van der Waals surface area contributed by atoms with Crippen molar-refractivity contribution in [2.75, 3.05) is 69.2 Å². The standard InChI is InChI=1S/C47H54F3N9O6/c48-47(49,50)65-38-12-8-36(9-13-38)55-41-27-40(53-30-54-41)32-5-10-37(11-6-32)64-26-19-51-44(61)33-1-3-34(4-2-33)46(63)59-24-22-57(23-25-59)29-31-17-20-58(21-18-31)42-15-7-35(28-52-42)39-14-16-43(60)56-45(39)62/h5-13,15,27-28,30-31,33-34,39H,1-4,14,16-26,29H2,(H,51,61)(H,53,54,55)(H,56,60,62). The zero-order chi connectivity index (χ0) is 45.3. The Balaban J connectivity index is 0.686. The number of piperidine rings is 2. The van der Waals surface area contributed by atoms with Gasteiger partial charge in [0.2, 0.25) is 23.6 Å². The van der Waals surface area contributed by atoms with Gasteiger partial charge < -0.3 is 29.9 Å². The fourth-order valence-corrected chi connectivity index (χ4v) is 9.20. The zero-order valence-corrected chi connectivity index (χ0v) is 36.1. The van der Waals surface area contributed by atoms with E-state index in [1.165, 1.54) is 30.6 Å². The number of hydrogen-bond acceptors (Lipinski definition) is 12. The first-order valence-electron chi connectivity index (χ1n) is 22.4. The first-order chi connectivity index (χ1) is 31.4. The maximum absolute atomic E-state index is 13.5. The Hall–Kier alpha value is -6.30. The van der Waals surface area contributed by atoms with E-state index in [0.717, 1.165) is 75.6 Å². The summed E-state index contributed by atoms with van der Waals surface area (Å²) in [5.41, 5.74) is 2.81. The highest BCUT2D eigenvalue weighted by Crippen LogP contribution is 2.32. The molecule has 1 saturated carbocycles. The van der Waals surface area contributed by atoms with Gasteiger partial charge in [0.1, 0.15) is 36.1 Å². The Morgan fingerprint density at radius 2 is 1.49 bits per heavy atom. The fraction of sp³-hybridized carbons (Fsp3) is 0.468. The first kappa shape index (κ1) is 45.3. The molecule has 2 aromatic carbocycles. The van der Waals surface area contributed by atoms with Crippen molar-refractivity contribution in [1.82, 2.24) is 35.4 Å². The maximum atomic E-state index is 13.5. The summed E-state index contributed by atoms with van der Waals surface area (Å²) in [5, 5.41) is 8.47. The number of pyridine rings is 1. The normalized spacial score (nSPS) is 21.1. The summed E-state index contributed by atoms with van der Waals surface area (Å²) >= 11 is 0. The van der Waals surface area contributed by atoms with Crippen molar-refractivity contribution in [2.45, 2.75) is 63.6 Å². The van der Waals surface area contributed by atoms with Crippen LogP contribution in [-0.2, 0) is 19.2 Å². The third kappa shape index (κ3) is 12.3. The molecule has 3 saturated heterocycles. The number of piperazine rings is 1. The van der Waals surface area contributed by atoms with Crippen molar-refractivity contribution < 1.29 is 41.8 Å². The lowest BCUT2D eigenvalue weighted by Gasteiger charge is -2.40. The van der Waals surface area contributed by atoms with Crippen LogP contribution in [0.25, 0.3) is 11.3 Å². The highest BCUT2D eigenvalue weighted by molar-refractivity contribution is 6.00. The minimum absolute atomic E-state index is 0.00741. The Kier molecular flexibility index (Phi) is 14.4. The van der Waals surface area contributed by atoms with E-state index >= 15 is 0 Å². The molecule has 0 bridgehead atoms. The lowest BCUT2D eigenvalue weighted by Crippen LogP contribution is -2.52. The van der Waals surface area contributed by atoms with E-state index in [1.54, 1.807) is 12.3 Å². The molecule has 8 rings (SSSR count). The molecule has 65 heavy (non-hydrogen) atoms. The number of carbonyl (C=O) groups is 4. The van der Waals surface area contributed by atoms with E-state index in [-0.39, 0.29) is 47.1 Å². The van der Waals surface area contributed by atoms with Crippen LogP contribution < -0.4 is 30.3 Å². The summed E-state index contributed by atoms with van der Waals surface area (Å²) in [6.07, 6.45) is 4.21. The molecular formula is C47H54F3N9O6. The van der Waals surface area contributed by atoms with Gasteiger partial charge in [0.05, 0.1) is 18.2 Å². The number of imide groups is 1. The molecule has 0 radical (unpaired) electrons. The van der Waals surface area contributed by atoms with E-state index in [0.29, 0.717) is 80.5 Å². The minimum Gasteiger partial charge on any atom is -0.492 e. The van der Waals surface area contributed by atoms with Gasteiger partial charge in [-0.2, -0.15) is 0 Å². The van der Waals surface area contributed by atoms with E-state index in [2.05, 4.69) is 45.4 Å². The molecule has 4 amide bonds. The molecule has 1 atom stereocenters. The molecule has 4 fully saturated rings. The van der Waals surface area contributed by atoms with Crippen molar-refractivity contribution in [1.29, 1.82) is 0 Å². The number of anilines is 3. The quantitative estimate of drug-likeness (QED) is 0.0989. The molecule has 3 N–H and O–H groups in total. The van der Waals surface area contributed by atoms with Crippen LogP contribution >= 0.6 is 0 Å². The topological polar surface area (TPSA) is 171 Å². The number of hydrogen-bond donors (Lipinski definition) is 3. The molecule has 4 aliphatic rings.